The maximum absolute atomic E-state index is 10.4. The molecule has 0 aromatic heterocycles. The summed E-state index contributed by atoms with van der Waals surface area (Å²) >= 11 is 1.60. The molecule has 0 bridgehead atoms. The fourth-order valence-corrected chi connectivity index (χ4v) is 1.67. The molecule has 0 aliphatic carbocycles. The lowest BCUT2D eigenvalue weighted by Crippen LogP contribution is -2.12. The Bertz CT molecular complexity index is 280. The van der Waals surface area contributed by atoms with E-state index in [9.17, 15) is 4.79 Å². The number of aldehydes is 1. The number of hydrogen-bond donors (Lipinski definition) is 1. The minimum Gasteiger partial charge on any atom is -0.318 e. The average molecular weight is 218 g/mol. The van der Waals surface area contributed by atoms with Crippen LogP contribution in [0.1, 0.15) is 11.6 Å². The lowest BCUT2D eigenvalue weighted by atomic mass is 10.1. The van der Waals surface area contributed by atoms with Gasteiger partial charge in [-0.25, -0.2) is 0 Å². The first-order chi connectivity index (χ1) is 5.79. The zero-order chi connectivity index (χ0) is 8.97. The van der Waals surface area contributed by atoms with Crippen LogP contribution in [0.2, 0.25) is 0 Å². The van der Waals surface area contributed by atoms with Crippen LogP contribution in [-0.4, -0.2) is 12.5 Å². The largest absolute Gasteiger partial charge is 0.318 e. The summed E-state index contributed by atoms with van der Waals surface area (Å²) < 4.78 is 0. The summed E-state index contributed by atoms with van der Waals surface area (Å²) in [5, 5.41) is 0. The van der Waals surface area contributed by atoms with Gasteiger partial charge in [0, 0.05) is 4.90 Å². The third-order valence-corrected chi connectivity index (χ3v) is 2.46. The third kappa shape index (κ3) is 3.03. The van der Waals surface area contributed by atoms with Crippen molar-refractivity contribution in [1.82, 2.24) is 0 Å². The van der Waals surface area contributed by atoms with E-state index in [1.807, 2.05) is 30.5 Å². The van der Waals surface area contributed by atoms with Crippen LogP contribution >= 0.6 is 24.2 Å². The molecule has 0 aliphatic heterocycles. The molecular weight excluding hydrogens is 206 g/mol. The highest BCUT2D eigenvalue weighted by atomic mass is 35.5. The zero-order valence-corrected chi connectivity index (χ0v) is 8.90. The molecule has 0 fully saturated rings. The molecule has 4 heteroatoms. The van der Waals surface area contributed by atoms with Crippen molar-refractivity contribution in [1.29, 1.82) is 0 Å². The molecule has 1 atom stereocenters. The monoisotopic (exact) mass is 217 g/mol. The SMILES string of the molecule is CSc1ccccc1C(N)C=O.Cl. The van der Waals surface area contributed by atoms with Crippen molar-refractivity contribution >= 4 is 30.5 Å². The van der Waals surface area contributed by atoms with Gasteiger partial charge in [0.15, 0.2) is 0 Å². The number of nitrogens with two attached hydrogens (primary N) is 1. The van der Waals surface area contributed by atoms with E-state index >= 15 is 0 Å². The highest BCUT2D eigenvalue weighted by Crippen LogP contribution is 2.23. The molecule has 72 valence electrons. The van der Waals surface area contributed by atoms with Gasteiger partial charge in [-0.15, -0.1) is 24.2 Å². The Hall–Kier alpha value is -0.510. The summed E-state index contributed by atoms with van der Waals surface area (Å²) in [5.41, 5.74) is 6.49. The maximum atomic E-state index is 10.4. The van der Waals surface area contributed by atoms with Crippen molar-refractivity contribution in [3.8, 4) is 0 Å². The molecule has 0 amide bonds. The highest BCUT2D eigenvalue weighted by molar-refractivity contribution is 7.98. The van der Waals surface area contributed by atoms with Crippen molar-refractivity contribution in [3.63, 3.8) is 0 Å². The van der Waals surface area contributed by atoms with E-state index in [0.29, 0.717) is 0 Å². The Morgan fingerprint density at radius 2 is 2.08 bits per heavy atom. The third-order valence-electron chi connectivity index (χ3n) is 1.64. The van der Waals surface area contributed by atoms with E-state index < -0.39 is 6.04 Å². The van der Waals surface area contributed by atoms with E-state index in [0.717, 1.165) is 16.7 Å². The summed E-state index contributed by atoms with van der Waals surface area (Å²) in [6, 6.07) is 7.17. The normalized spacial score (nSPS) is 11.5. The second-order valence-corrected chi connectivity index (χ2v) is 3.25. The molecule has 1 aromatic rings. The van der Waals surface area contributed by atoms with Crippen molar-refractivity contribution < 1.29 is 4.79 Å². The topological polar surface area (TPSA) is 43.1 Å². The molecule has 2 nitrogen and oxygen atoms in total. The van der Waals surface area contributed by atoms with E-state index in [4.69, 9.17) is 5.73 Å². The van der Waals surface area contributed by atoms with Crippen molar-refractivity contribution in [2.45, 2.75) is 10.9 Å². The van der Waals surface area contributed by atoms with Gasteiger partial charge in [0.05, 0.1) is 6.04 Å². The molecule has 0 saturated carbocycles. The first-order valence-electron chi connectivity index (χ1n) is 3.63. The molecule has 1 rings (SSSR count). The van der Waals surface area contributed by atoms with Crippen LogP contribution in [0, 0.1) is 0 Å². The number of benzene rings is 1. The van der Waals surface area contributed by atoms with Gasteiger partial charge in [0.2, 0.25) is 0 Å². The molecule has 0 aliphatic rings. The molecule has 0 radical (unpaired) electrons. The number of rotatable bonds is 3. The van der Waals surface area contributed by atoms with Gasteiger partial charge in [-0.2, -0.15) is 0 Å². The lowest BCUT2D eigenvalue weighted by Gasteiger charge is -2.08. The standard InChI is InChI=1S/C9H11NOS.ClH/c1-12-9-5-3-2-4-7(9)8(10)6-11;/h2-6,8H,10H2,1H3;1H. The number of thioether (sulfide) groups is 1. The van der Waals surface area contributed by atoms with Crippen LogP contribution < -0.4 is 5.73 Å². The fourth-order valence-electron chi connectivity index (χ4n) is 1.02. The number of carbonyl (C=O) groups is 1. The minimum atomic E-state index is -0.492. The predicted octanol–water partition coefficient (Wildman–Crippen LogP) is 2.03. The fraction of sp³-hybridized carbons (Fsp3) is 0.222. The summed E-state index contributed by atoms with van der Waals surface area (Å²) in [7, 11) is 0. The van der Waals surface area contributed by atoms with E-state index in [1.54, 1.807) is 11.8 Å². The zero-order valence-electron chi connectivity index (χ0n) is 7.27. The Labute approximate surface area is 88.3 Å². The number of carbonyl (C=O) groups excluding carboxylic acids is 1. The second-order valence-electron chi connectivity index (χ2n) is 2.40. The van der Waals surface area contributed by atoms with E-state index in [-0.39, 0.29) is 12.4 Å². The van der Waals surface area contributed by atoms with Crippen LogP contribution in [-0.2, 0) is 4.79 Å². The van der Waals surface area contributed by atoms with Crippen LogP contribution in [0.15, 0.2) is 29.2 Å². The molecule has 0 spiro atoms. The summed E-state index contributed by atoms with van der Waals surface area (Å²) in [6.07, 6.45) is 2.73. The number of halogens is 1. The Morgan fingerprint density at radius 3 is 2.62 bits per heavy atom. The molecular formula is C9H12ClNOS. The predicted molar refractivity (Wildman–Crippen MR) is 58.5 cm³/mol. The van der Waals surface area contributed by atoms with Crippen LogP contribution in [0.25, 0.3) is 0 Å². The Balaban J connectivity index is 0.00000144. The van der Waals surface area contributed by atoms with E-state index in [1.165, 1.54) is 0 Å². The van der Waals surface area contributed by atoms with Crippen LogP contribution in [0.4, 0.5) is 0 Å². The molecule has 2 N–H and O–H groups in total. The molecule has 13 heavy (non-hydrogen) atoms. The minimum absolute atomic E-state index is 0. The Kier molecular flexibility index (Phi) is 5.79. The van der Waals surface area contributed by atoms with E-state index in [2.05, 4.69) is 0 Å². The quantitative estimate of drug-likeness (QED) is 0.623. The van der Waals surface area contributed by atoms with Crippen molar-refractivity contribution in [3.05, 3.63) is 29.8 Å². The second kappa shape index (κ2) is 6.02. The first-order valence-corrected chi connectivity index (χ1v) is 4.86. The lowest BCUT2D eigenvalue weighted by molar-refractivity contribution is -0.109. The maximum Gasteiger partial charge on any atom is 0.141 e. The summed E-state index contributed by atoms with van der Waals surface area (Å²) in [6.45, 7) is 0. The van der Waals surface area contributed by atoms with Crippen LogP contribution in [0.5, 0.6) is 0 Å². The highest BCUT2D eigenvalue weighted by Gasteiger charge is 2.07. The summed E-state index contributed by atoms with van der Waals surface area (Å²) in [5.74, 6) is 0. The Morgan fingerprint density at radius 1 is 1.46 bits per heavy atom. The van der Waals surface area contributed by atoms with Gasteiger partial charge in [-0.3, -0.25) is 0 Å². The van der Waals surface area contributed by atoms with Gasteiger partial charge in [0.1, 0.15) is 6.29 Å². The number of hydrogen-bond acceptors (Lipinski definition) is 3. The van der Waals surface area contributed by atoms with Crippen molar-refractivity contribution in [2.24, 2.45) is 5.73 Å². The van der Waals surface area contributed by atoms with Crippen LogP contribution in [0.3, 0.4) is 0 Å². The average Bonchev–Trinajstić information content (AvgIpc) is 2.16. The molecule has 0 heterocycles. The molecule has 1 unspecified atom stereocenters. The molecule has 0 saturated heterocycles. The van der Waals surface area contributed by atoms with Crippen molar-refractivity contribution in [2.75, 3.05) is 6.26 Å². The summed E-state index contributed by atoms with van der Waals surface area (Å²) in [4.78, 5) is 11.5. The smallest absolute Gasteiger partial charge is 0.141 e. The molecule has 1 aromatic carbocycles. The van der Waals surface area contributed by atoms with Gasteiger partial charge in [-0.1, -0.05) is 18.2 Å². The first kappa shape index (κ1) is 12.5. The van der Waals surface area contributed by atoms with Gasteiger partial charge < -0.3 is 10.5 Å². The van der Waals surface area contributed by atoms with Gasteiger partial charge in [-0.05, 0) is 17.9 Å². The van der Waals surface area contributed by atoms with Gasteiger partial charge >= 0.3 is 0 Å². The van der Waals surface area contributed by atoms with Gasteiger partial charge in [0.25, 0.3) is 0 Å².